The highest BCUT2D eigenvalue weighted by Gasteiger charge is 2.13. The molecular weight excluding hydrogens is 330 g/mol. The van der Waals surface area contributed by atoms with Gasteiger partial charge in [-0.2, -0.15) is 5.10 Å². The highest BCUT2D eigenvalue weighted by molar-refractivity contribution is 5.79. The summed E-state index contributed by atoms with van der Waals surface area (Å²) >= 11 is 0. The number of fused-ring (bicyclic) bond motifs is 1. The lowest BCUT2D eigenvalue weighted by Gasteiger charge is -2.12. The minimum atomic E-state index is -0.0584. The molecule has 1 unspecified atom stereocenters. The molecule has 0 saturated carbocycles. The van der Waals surface area contributed by atoms with E-state index in [1.54, 1.807) is 0 Å². The quantitative estimate of drug-likeness (QED) is 0.755. The van der Waals surface area contributed by atoms with Gasteiger partial charge in [-0.25, -0.2) is 9.50 Å². The van der Waals surface area contributed by atoms with Crippen LogP contribution in [0.1, 0.15) is 55.8 Å². The number of hydrogen-bond acceptors (Lipinski definition) is 4. The molecule has 2 N–H and O–H groups in total. The number of aromatic nitrogens is 3. The number of hydrogen-bond donors (Lipinski definition) is 2. The Balaban J connectivity index is 1.86. The molecule has 0 aliphatic rings. The number of nitrogens with zero attached hydrogens (tertiary/aromatic N) is 3. The van der Waals surface area contributed by atoms with Crippen molar-refractivity contribution in [2.75, 3.05) is 6.54 Å². The van der Waals surface area contributed by atoms with E-state index in [9.17, 15) is 9.59 Å². The average Bonchev–Trinajstić information content (AvgIpc) is 2.94. The molecule has 7 nitrogen and oxygen atoms in total. The fourth-order valence-corrected chi connectivity index (χ4v) is 2.89. The topological polar surface area (TPSA) is 88.4 Å². The number of aryl methyl sites for hydroxylation is 3. The van der Waals surface area contributed by atoms with Gasteiger partial charge in [0, 0.05) is 42.9 Å². The third-order valence-corrected chi connectivity index (χ3v) is 4.58. The zero-order chi connectivity index (χ0) is 19.3. The fraction of sp³-hybridized carbons (Fsp3) is 0.579. The molecule has 0 saturated heterocycles. The molecule has 0 bridgehead atoms. The van der Waals surface area contributed by atoms with Crippen molar-refractivity contribution in [1.82, 2.24) is 25.2 Å². The Labute approximate surface area is 154 Å². The second kappa shape index (κ2) is 8.78. The predicted molar refractivity (Wildman–Crippen MR) is 101 cm³/mol. The van der Waals surface area contributed by atoms with E-state index < -0.39 is 0 Å². The summed E-state index contributed by atoms with van der Waals surface area (Å²) in [4.78, 5) is 28.4. The molecule has 26 heavy (non-hydrogen) atoms. The van der Waals surface area contributed by atoms with E-state index >= 15 is 0 Å². The number of amides is 2. The molecule has 0 aliphatic heterocycles. The molecule has 0 aliphatic carbocycles. The Morgan fingerprint density at radius 1 is 1.19 bits per heavy atom. The second-order valence-corrected chi connectivity index (χ2v) is 6.79. The van der Waals surface area contributed by atoms with Crippen molar-refractivity contribution in [2.45, 2.75) is 66.3 Å². The Morgan fingerprint density at radius 3 is 2.62 bits per heavy atom. The van der Waals surface area contributed by atoms with E-state index in [4.69, 9.17) is 0 Å². The van der Waals surface area contributed by atoms with Crippen LogP contribution in [-0.4, -0.2) is 39.0 Å². The van der Waals surface area contributed by atoms with Crippen molar-refractivity contribution in [1.29, 1.82) is 0 Å². The molecule has 2 amide bonds. The maximum Gasteiger partial charge on any atom is 0.221 e. The van der Waals surface area contributed by atoms with E-state index in [0.29, 0.717) is 25.8 Å². The Morgan fingerprint density at radius 2 is 1.92 bits per heavy atom. The van der Waals surface area contributed by atoms with E-state index in [-0.39, 0.29) is 17.9 Å². The maximum absolute atomic E-state index is 12.1. The summed E-state index contributed by atoms with van der Waals surface area (Å²) in [6, 6.07) is 2.11. The van der Waals surface area contributed by atoms with E-state index in [0.717, 1.165) is 34.7 Å². The van der Waals surface area contributed by atoms with Crippen molar-refractivity contribution in [3.8, 4) is 0 Å². The minimum Gasteiger partial charge on any atom is -0.356 e. The van der Waals surface area contributed by atoms with Gasteiger partial charge in [0.2, 0.25) is 11.8 Å². The summed E-state index contributed by atoms with van der Waals surface area (Å²) in [5.41, 5.74) is 4.74. The maximum atomic E-state index is 12.1. The monoisotopic (exact) mass is 359 g/mol. The van der Waals surface area contributed by atoms with Crippen LogP contribution in [0.2, 0.25) is 0 Å². The zero-order valence-electron chi connectivity index (χ0n) is 16.3. The van der Waals surface area contributed by atoms with Crippen LogP contribution in [0, 0.1) is 20.8 Å². The van der Waals surface area contributed by atoms with Gasteiger partial charge in [0.25, 0.3) is 0 Å². The first-order valence-corrected chi connectivity index (χ1v) is 9.20. The molecule has 2 heterocycles. The van der Waals surface area contributed by atoms with Crippen LogP contribution >= 0.6 is 0 Å². The average molecular weight is 359 g/mol. The summed E-state index contributed by atoms with van der Waals surface area (Å²) in [6.45, 7) is 10.2. The van der Waals surface area contributed by atoms with E-state index in [1.807, 2.05) is 45.2 Å². The molecule has 142 valence electrons. The Bertz CT molecular complexity index is 797. The smallest absolute Gasteiger partial charge is 0.221 e. The van der Waals surface area contributed by atoms with Crippen LogP contribution in [0.15, 0.2) is 6.07 Å². The lowest BCUT2D eigenvalue weighted by atomic mass is 10.1. The predicted octanol–water partition coefficient (Wildman–Crippen LogP) is 2.01. The van der Waals surface area contributed by atoms with Crippen LogP contribution < -0.4 is 10.6 Å². The van der Waals surface area contributed by atoms with E-state index in [2.05, 4.69) is 20.7 Å². The largest absolute Gasteiger partial charge is 0.356 e. The second-order valence-electron chi connectivity index (χ2n) is 6.79. The van der Waals surface area contributed by atoms with Crippen LogP contribution in [0.3, 0.4) is 0 Å². The highest BCUT2D eigenvalue weighted by atomic mass is 16.2. The first-order valence-electron chi connectivity index (χ1n) is 9.20. The van der Waals surface area contributed by atoms with Gasteiger partial charge < -0.3 is 10.6 Å². The SMILES string of the molecule is CCC(C)NC(=O)CCNC(=O)CCc1c(C)nc2cc(C)nn2c1C. The molecule has 0 fully saturated rings. The van der Waals surface area contributed by atoms with Gasteiger partial charge in [0.15, 0.2) is 5.65 Å². The van der Waals surface area contributed by atoms with Crippen LogP contribution in [0.25, 0.3) is 5.65 Å². The lowest BCUT2D eigenvalue weighted by molar-refractivity contribution is -0.122. The molecule has 2 aromatic heterocycles. The molecular formula is C19H29N5O2. The third-order valence-electron chi connectivity index (χ3n) is 4.58. The van der Waals surface area contributed by atoms with Crippen molar-refractivity contribution < 1.29 is 9.59 Å². The fourth-order valence-electron chi connectivity index (χ4n) is 2.89. The number of carbonyl (C=O) groups is 2. The number of nitrogens with one attached hydrogen (secondary N) is 2. The van der Waals surface area contributed by atoms with Gasteiger partial charge in [-0.15, -0.1) is 0 Å². The van der Waals surface area contributed by atoms with Crippen LogP contribution in [0.5, 0.6) is 0 Å². The van der Waals surface area contributed by atoms with Crippen molar-refractivity contribution in [3.63, 3.8) is 0 Å². The normalized spacial score (nSPS) is 12.2. The van der Waals surface area contributed by atoms with Gasteiger partial charge in [0.1, 0.15) is 0 Å². The summed E-state index contributed by atoms with van der Waals surface area (Å²) < 4.78 is 1.83. The van der Waals surface area contributed by atoms with Gasteiger partial charge in [0.05, 0.1) is 5.69 Å². The molecule has 0 aromatic carbocycles. The Kier molecular flexibility index (Phi) is 6.71. The summed E-state index contributed by atoms with van der Waals surface area (Å²) in [5, 5.41) is 10.1. The zero-order valence-corrected chi connectivity index (χ0v) is 16.3. The molecule has 0 radical (unpaired) electrons. The van der Waals surface area contributed by atoms with Crippen molar-refractivity contribution in [2.24, 2.45) is 0 Å². The molecule has 2 aromatic rings. The Hall–Kier alpha value is -2.44. The highest BCUT2D eigenvalue weighted by Crippen LogP contribution is 2.16. The first-order chi connectivity index (χ1) is 12.3. The summed E-state index contributed by atoms with van der Waals surface area (Å²) in [7, 11) is 0. The summed E-state index contributed by atoms with van der Waals surface area (Å²) in [5.74, 6) is -0.0908. The molecule has 7 heteroatoms. The standard InChI is InChI=1S/C19H29N5O2/c1-6-12(2)21-19(26)9-10-20-18(25)8-7-16-14(4)22-17-11-13(3)23-24(17)15(16)5/h11-12H,6-10H2,1-5H3,(H,20,25)(H,21,26). The summed E-state index contributed by atoms with van der Waals surface area (Å²) in [6.07, 6.45) is 2.16. The van der Waals surface area contributed by atoms with Gasteiger partial charge in [-0.1, -0.05) is 6.92 Å². The minimum absolute atomic E-state index is 0.0324. The number of rotatable bonds is 8. The molecule has 0 spiro atoms. The van der Waals surface area contributed by atoms with Gasteiger partial charge in [-0.3, -0.25) is 9.59 Å². The van der Waals surface area contributed by atoms with Crippen molar-refractivity contribution >= 4 is 17.5 Å². The van der Waals surface area contributed by atoms with E-state index in [1.165, 1.54) is 0 Å². The number of carbonyl (C=O) groups excluding carboxylic acids is 2. The van der Waals surface area contributed by atoms with Gasteiger partial charge >= 0.3 is 0 Å². The van der Waals surface area contributed by atoms with Crippen molar-refractivity contribution in [3.05, 3.63) is 28.7 Å². The lowest BCUT2D eigenvalue weighted by Crippen LogP contribution is -2.35. The third kappa shape index (κ3) is 5.03. The molecule has 2 rings (SSSR count). The molecule has 1 atom stereocenters. The van der Waals surface area contributed by atoms with Gasteiger partial charge in [-0.05, 0) is 46.1 Å². The first kappa shape index (κ1) is 19.9. The van der Waals surface area contributed by atoms with Crippen LogP contribution in [0.4, 0.5) is 0 Å². The van der Waals surface area contributed by atoms with Crippen LogP contribution in [-0.2, 0) is 16.0 Å².